The second kappa shape index (κ2) is 7.55. The van der Waals surface area contributed by atoms with Gasteiger partial charge in [0.15, 0.2) is 0 Å². The van der Waals surface area contributed by atoms with Gasteiger partial charge in [-0.15, -0.1) is 0 Å². The van der Waals surface area contributed by atoms with Crippen LogP contribution in [0.15, 0.2) is 48.5 Å². The Morgan fingerprint density at radius 1 is 1.05 bits per heavy atom. The van der Waals surface area contributed by atoms with Crippen LogP contribution < -0.4 is 5.32 Å². The van der Waals surface area contributed by atoms with Crippen LogP contribution in [0.1, 0.15) is 17.2 Å². The topological polar surface area (TPSA) is 15.3 Å². The van der Waals surface area contributed by atoms with Crippen LogP contribution in [0.3, 0.4) is 0 Å². The van der Waals surface area contributed by atoms with E-state index in [9.17, 15) is 4.39 Å². The lowest BCUT2D eigenvalue weighted by atomic mass is 10.1. The van der Waals surface area contributed by atoms with E-state index >= 15 is 0 Å². The molecule has 0 bridgehead atoms. The van der Waals surface area contributed by atoms with Gasteiger partial charge in [0.2, 0.25) is 0 Å². The third-order valence-electron chi connectivity index (χ3n) is 3.46. The molecule has 1 N–H and O–H groups in total. The summed E-state index contributed by atoms with van der Waals surface area (Å²) in [6.07, 6.45) is 0. The smallest absolute Gasteiger partial charge is 0.123 e. The summed E-state index contributed by atoms with van der Waals surface area (Å²) in [4.78, 5) is 2.17. The van der Waals surface area contributed by atoms with Gasteiger partial charge in [0.25, 0.3) is 0 Å². The molecule has 2 rings (SSSR count). The van der Waals surface area contributed by atoms with E-state index in [2.05, 4.69) is 24.3 Å². The van der Waals surface area contributed by atoms with Gasteiger partial charge < -0.3 is 10.2 Å². The molecule has 0 aromatic heterocycles. The van der Waals surface area contributed by atoms with Gasteiger partial charge in [-0.05, 0) is 49.5 Å². The number of halogens is 2. The highest BCUT2D eigenvalue weighted by Gasteiger charge is 2.13. The SMILES string of the molecule is CN(C)C(CNCc1ccc(F)cc1)c1ccc(Cl)cc1. The zero-order valence-electron chi connectivity index (χ0n) is 12.3. The van der Waals surface area contributed by atoms with Crippen LogP contribution in [0.5, 0.6) is 0 Å². The summed E-state index contributed by atoms with van der Waals surface area (Å²) < 4.78 is 12.9. The molecule has 0 aliphatic heterocycles. The van der Waals surface area contributed by atoms with E-state index in [0.29, 0.717) is 0 Å². The molecule has 1 atom stereocenters. The van der Waals surface area contributed by atoms with E-state index in [1.807, 2.05) is 24.3 Å². The standard InChI is InChI=1S/C17H20ClFN2/c1-21(2)17(14-5-7-15(18)8-6-14)12-20-11-13-3-9-16(19)10-4-13/h3-10,17,20H,11-12H2,1-2H3. The van der Waals surface area contributed by atoms with Crippen LogP contribution in [0.2, 0.25) is 5.02 Å². The molecule has 0 aliphatic carbocycles. The zero-order chi connectivity index (χ0) is 15.2. The number of likely N-dealkylation sites (N-methyl/N-ethyl adjacent to an activating group) is 1. The number of nitrogens with one attached hydrogen (secondary N) is 1. The van der Waals surface area contributed by atoms with Crippen molar-refractivity contribution in [3.05, 3.63) is 70.5 Å². The summed E-state index contributed by atoms with van der Waals surface area (Å²) in [6.45, 7) is 1.53. The lowest BCUT2D eigenvalue weighted by Gasteiger charge is -2.25. The third-order valence-corrected chi connectivity index (χ3v) is 3.71. The Hall–Kier alpha value is -1.42. The van der Waals surface area contributed by atoms with Crippen molar-refractivity contribution in [3.63, 3.8) is 0 Å². The molecule has 0 spiro atoms. The Labute approximate surface area is 130 Å². The molecule has 21 heavy (non-hydrogen) atoms. The summed E-state index contributed by atoms with van der Waals surface area (Å²) in [5.41, 5.74) is 2.29. The molecule has 0 heterocycles. The van der Waals surface area contributed by atoms with Gasteiger partial charge in [-0.3, -0.25) is 0 Å². The molecule has 0 saturated carbocycles. The molecular weight excluding hydrogens is 287 g/mol. The van der Waals surface area contributed by atoms with Crippen molar-refractivity contribution in [1.29, 1.82) is 0 Å². The fraction of sp³-hybridized carbons (Fsp3) is 0.294. The Morgan fingerprint density at radius 2 is 1.67 bits per heavy atom. The molecule has 0 saturated heterocycles. The van der Waals surface area contributed by atoms with Crippen LogP contribution in [0.25, 0.3) is 0 Å². The number of hydrogen-bond acceptors (Lipinski definition) is 2. The number of hydrogen-bond donors (Lipinski definition) is 1. The van der Waals surface area contributed by atoms with Crippen molar-refractivity contribution >= 4 is 11.6 Å². The van der Waals surface area contributed by atoms with Gasteiger partial charge in [-0.25, -0.2) is 4.39 Å². The van der Waals surface area contributed by atoms with Crippen molar-refractivity contribution in [2.75, 3.05) is 20.6 Å². The first-order valence-corrected chi connectivity index (χ1v) is 7.31. The predicted octanol–water partition coefficient (Wildman–Crippen LogP) is 3.87. The first kappa shape index (κ1) is 16.0. The fourth-order valence-corrected chi connectivity index (χ4v) is 2.36. The summed E-state index contributed by atoms with van der Waals surface area (Å²) in [7, 11) is 4.11. The molecular formula is C17H20ClFN2. The first-order chi connectivity index (χ1) is 10.1. The molecule has 4 heteroatoms. The number of nitrogens with zero attached hydrogens (tertiary/aromatic N) is 1. The van der Waals surface area contributed by atoms with Gasteiger partial charge in [0, 0.05) is 24.2 Å². The van der Waals surface area contributed by atoms with Crippen molar-refractivity contribution in [2.45, 2.75) is 12.6 Å². The van der Waals surface area contributed by atoms with Crippen LogP contribution in [-0.4, -0.2) is 25.5 Å². The monoisotopic (exact) mass is 306 g/mol. The van der Waals surface area contributed by atoms with E-state index in [1.165, 1.54) is 17.7 Å². The molecule has 2 aromatic carbocycles. The number of benzene rings is 2. The summed E-state index contributed by atoms with van der Waals surface area (Å²) in [5, 5.41) is 4.16. The van der Waals surface area contributed by atoms with Crippen LogP contribution in [0, 0.1) is 5.82 Å². The van der Waals surface area contributed by atoms with E-state index in [4.69, 9.17) is 11.6 Å². The fourth-order valence-electron chi connectivity index (χ4n) is 2.24. The maximum absolute atomic E-state index is 12.9. The first-order valence-electron chi connectivity index (χ1n) is 6.93. The second-order valence-corrected chi connectivity index (χ2v) is 5.72. The third kappa shape index (κ3) is 4.81. The van der Waals surface area contributed by atoms with Crippen LogP contribution >= 0.6 is 11.6 Å². The minimum Gasteiger partial charge on any atom is -0.311 e. The van der Waals surface area contributed by atoms with Gasteiger partial charge in [0.05, 0.1) is 0 Å². The largest absolute Gasteiger partial charge is 0.311 e. The van der Waals surface area contributed by atoms with Crippen molar-refractivity contribution < 1.29 is 4.39 Å². The lowest BCUT2D eigenvalue weighted by molar-refractivity contribution is 0.288. The van der Waals surface area contributed by atoms with Crippen molar-refractivity contribution in [1.82, 2.24) is 10.2 Å². The predicted molar refractivity (Wildman–Crippen MR) is 86.0 cm³/mol. The second-order valence-electron chi connectivity index (χ2n) is 5.29. The quantitative estimate of drug-likeness (QED) is 0.871. The molecule has 0 aliphatic rings. The summed E-state index contributed by atoms with van der Waals surface area (Å²) in [6, 6.07) is 14.8. The summed E-state index contributed by atoms with van der Waals surface area (Å²) >= 11 is 5.93. The van der Waals surface area contributed by atoms with E-state index in [-0.39, 0.29) is 11.9 Å². The molecule has 0 amide bonds. The Kier molecular flexibility index (Phi) is 5.74. The zero-order valence-corrected chi connectivity index (χ0v) is 13.1. The Balaban J connectivity index is 1.94. The minimum absolute atomic E-state index is 0.203. The van der Waals surface area contributed by atoms with E-state index in [1.54, 1.807) is 12.1 Å². The Bertz CT molecular complexity index is 552. The maximum Gasteiger partial charge on any atom is 0.123 e. The van der Waals surface area contributed by atoms with Gasteiger partial charge in [0.1, 0.15) is 5.82 Å². The van der Waals surface area contributed by atoms with Gasteiger partial charge in [-0.2, -0.15) is 0 Å². The lowest BCUT2D eigenvalue weighted by Crippen LogP contribution is -2.30. The average Bonchev–Trinajstić information content (AvgIpc) is 2.46. The minimum atomic E-state index is -0.203. The normalized spacial score (nSPS) is 12.6. The highest BCUT2D eigenvalue weighted by Crippen LogP contribution is 2.20. The van der Waals surface area contributed by atoms with Gasteiger partial charge >= 0.3 is 0 Å². The van der Waals surface area contributed by atoms with Crippen molar-refractivity contribution in [2.24, 2.45) is 0 Å². The molecule has 0 fully saturated rings. The van der Waals surface area contributed by atoms with E-state index in [0.717, 1.165) is 23.7 Å². The van der Waals surface area contributed by atoms with Crippen LogP contribution in [0.4, 0.5) is 4.39 Å². The van der Waals surface area contributed by atoms with Crippen LogP contribution in [-0.2, 0) is 6.54 Å². The van der Waals surface area contributed by atoms with Crippen molar-refractivity contribution in [3.8, 4) is 0 Å². The summed E-state index contributed by atoms with van der Waals surface area (Å²) in [5.74, 6) is -0.203. The molecule has 0 radical (unpaired) electrons. The molecule has 1 unspecified atom stereocenters. The number of rotatable bonds is 6. The Morgan fingerprint density at radius 3 is 2.24 bits per heavy atom. The highest BCUT2D eigenvalue weighted by molar-refractivity contribution is 6.30. The maximum atomic E-state index is 12.9. The highest BCUT2D eigenvalue weighted by atomic mass is 35.5. The molecule has 2 nitrogen and oxygen atoms in total. The average molecular weight is 307 g/mol. The van der Waals surface area contributed by atoms with Gasteiger partial charge in [-0.1, -0.05) is 35.9 Å². The molecule has 2 aromatic rings. The van der Waals surface area contributed by atoms with E-state index < -0.39 is 0 Å². The molecule has 112 valence electrons.